The van der Waals surface area contributed by atoms with Crippen LogP contribution >= 0.6 is 11.6 Å². The Bertz CT molecular complexity index is 422. The summed E-state index contributed by atoms with van der Waals surface area (Å²) in [5.74, 6) is 0.484. The Hall–Kier alpha value is -1.06. The lowest BCUT2D eigenvalue weighted by molar-refractivity contribution is -0.122. The minimum atomic E-state index is 0.0676. The fourth-order valence-electron chi connectivity index (χ4n) is 2.05. The molecule has 1 aliphatic rings. The van der Waals surface area contributed by atoms with Crippen molar-refractivity contribution in [2.75, 3.05) is 13.2 Å². The SMILES string of the molecule is CCOCCC(=O)N[C@@H]1C[C@@H]1c1cccc(Cl)c1. The lowest BCUT2D eigenvalue weighted by Crippen LogP contribution is -2.27. The molecule has 0 heterocycles. The molecule has 0 spiro atoms. The van der Waals surface area contributed by atoms with E-state index < -0.39 is 0 Å². The number of hydrogen-bond donors (Lipinski definition) is 1. The number of nitrogens with one attached hydrogen (secondary N) is 1. The van der Waals surface area contributed by atoms with Gasteiger partial charge in [-0.05, 0) is 31.0 Å². The minimum Gasteiger partial charge on any atom is -0.381 e. The van der Waals surface area contributed by atoms with Crippen molar-refractivity contribution in [3.63, 3.8) is 0 Å². The van der Waals surface area contributed by atoms with Crippen molar-refractivity contribution in [2.45, 2.75) is 31.7 Å². The van der Waals surface area contributed by atoms with Crippen LogP contribution in [0.2, 0.25) is 5.02 Å². The van der Waals surface area contributed by atoms with Crippen LogP contribution in [0.4, 0.5) is 0 Å². The molecule has 4 heteroatoms. The molecule has 0 saturated heterocycles. The van der Waals surface area contributed by atoms with Crippen molar-refractivity contribution in [2.24, 2.45) is 0 Å². The molecule has 1 amide bonds. The quantitative estimate of drug-likeness (QED) is 0.805. The maximum Gasteiger partial charge on any atom is 0.222 e. The van der Waals surface area contributed by atoms with Gasteiger partial charge in [0.05, 0.1) is 6.61 Å². The van der Waals surface area contributed by atoms with E-state index in [2.05, 4.69) is 11.4 Å². The van der Waals surface area contributed by atoms with E-state index in [1.54, 1.807) is 0 Å². The Kier molecular flexibility index (Phi) is 4.61. The van der Waals surface area contributed by atoms with E-state index in [0.717, 1.165) is 11.4 Å². The van der Waals surface area contributed by atoms with Crippen LogP contribution in [0.25, 0.3) is 0 Å². The molecule has 1 fully saturated rings. The molecular formula is C14H18ClNO2. The van der Waals surface area contributed by atoms with E-state index in [1.165, 1.54) is 5.56 Å². The average molecular weight is 268 g/mol. The zero-order chi connectivity index (χ0) is 13.0. The van der Waals surface area contributed by atoms with Crippen LogP contribution in [-0.2, 0) is 9.53 Å². The highest BCUT2D eigenvalue weighted by Gasteiger charge is 2.39. The van der Waals surface area contributed by atoms with Crippen molar-refractivity contribution < 1.29 is 9.53 Å². The number of benzene rings is 1. The summed E-state index contributed by atoms with van der Waals surface area (Å²) in [5, 5.41) is 3.77. The van der Waals surface area contributed by atoms with E-state index >= 15 is 0 Å². The third-order valence-corrected chi connectivity index (χ3v) is 3.33. The Labute approximate surface area is 112 Å². The number of amides is 1. The van der Waals surface area contributed by atoms with E-state index in [0.29, 0.717) is 25.6 Å². The minimum absolute atomic E-state index is 0.0676. The van der Waals surface area contributed by atoms with Crippen LogP contribution < -0.4 is 5.32 Å². The molecule has 1 N–H and O–H groups in total. The maximum atomic E-state index is 11.6. The lowest BCUT2D eigenvalue weighted by atomic mass is 10.1. The average Bonchev–Trinajstić information content (AvgIpc) is 3.08. The fraction of sp³-hybridized carbons (Fsp3) is 0.500. The molecule has 0 radical (unpaired) electrons. The summed E-state index contributed by atoms with van der Waals surface area (Å²) in [6, 6.07) is 8.10. The molecule has 3 nitrogen and oxygen atoms in total. The highest BCUT2D eigenvalue weighted by molar-refractivity contribution is 6.30. The molecule has 1 aliphatic carbocycles. The molecular weight excluding hydrogens is 250 g/mol. The van der Waals surface area contributed by atoms with Crippen molar-refractivity contribution in [1.29, 1.82) is 0 Å². The van der Waals surface area contributed by atoms with Crippen LogP contribution in [-0.4, -0.2) is 25.2 Å². The van der Waals surface area contributed by atoms with Gasteiger partial charge in [-0.1, -0.05) is 23.7 Å². The normalized spacial score (nSPS) is 21.7. The van der Waals surface area contributed by atoms with Crippen molar-refractivity contribution in [3.05, 3.63) is 34.9 Å². The number of carbonyl (C=O) groups is 1. The van der Waals surface area contributed by atoms with Crippen molar-refractivity contribution in [3.8, 4) is 0 Å². The molecule has 0 bridgehead atoms. The molecule has 1 saturated carbocycles. The molecule has 1 aromatic carbocycles. The monoisotopic (exact) mass is 267 g/mol. The summed E-state index contributed by atoms with van der Waals surface area (Å²) < 4.78 is 5.16. The standard InChI is InChI=1S/C14H18ClNO2/c1-2-18-7-6-14(17)16-13-9-12(13)10-4-3-5-11(15)8-10/h3-5,8,12-13H,2,6-7,9H2,1H3,(H,16,17)/t12-,13-/m1/s1. The van der Waals surface area contributed by atoms with Gasteiger partial charge in [0.1, 0.15) is 0 Å². The second-order valence-corrected chi connectivity index (χ2v) is 4.95. The summed E-state index contributed by atoms with van der Waals surface area (Å²) in [7, 11) is 0. The van der Waals surface area contributed by atoms with Crippen molar-refractivity contribution in [1.82, 2.24) is 5.32 Å². The Morgan fingerprint density at radius 3 is 3.11 bits per heavy atom. The van der Waals surface area contributed by atoms with Gasteiger partial charge in [-0.2, -0.15) is 0 Å². The Morgan fingerprint density at radius 1 is 1.56 bits per heavy atom. The summed E-state index contributed by atoms with van der Waals surface area (Å²) >= 11 is 5.95. The second kappa shape index (κ2) is 6.21. The number of halogens is 1. The van der Waals surface area contributed by atoms with Crippen molar-refractivity contribution >= 4 is 17.5 Å². The summed E-state index contributed by atoms with van der Waals surface area (Å²) in [6.07, 6.45) is 1.44. The lowest BCUT2D eigenvalue weighted by Gasteiger charge is -2.05. The predicted molar refractivity (Wildman–Crippen MR) is 71.9 cm³/mol. The van der Waals surface area contributed by atoms with Gasteiger partial charge in [0.15, 0.2) is 0 Å². The van der Waals surface area contributed by atoms with Gasteiger partial charge in [-0.15, -0.1) is 0 Å². The number of carbonyl (C=O) groups excluding carboxylic acids is 1. The third-order valence-electron chi connectivity index (χ3n) is 3.09. The first kappa shape index (κ1) is 13.4. The molecule has 0 unspecified atom stereocenters. The van der Waals surface area contributed by atoms with E-state index in [1.807, 2.05) is 25.1 Å². The number of ether oxygens (including phenoxy) is 1. The van der Waals surface area contributed by atoms with Gasteiger partial charge in [0.2, 0.25) is 5.91 Å². The van der Waals surface area contributed by atoms with Gasteiger partial charge in [-0.3, -0.25) is 4.79 Å². The molecule has 1 aromatic rings. The molecule has 2 atom stereocenters. The van der Waals surface area contributed by atoms with Crippen LogP contribution in [0.5, 0.6) is 0 Å². The molecule has 98 valence electrons. The van der Waals surface area contributed by atoms with E-state index in [4.69, 9.17) is 16.3 Å². The Morgan fingerprint density at radius 2 is 2.39 bits per heavy atom. The predicted octanol–water partition coefficient (Wildman–Crippen LogP) is 2.74. The zero-order valence-electron chi connectivity index (χ0n) is 10.5. The van der Waals surface area contributed by atoms with Gasteiger partial charge in [0, 0.05) is 30.0 Å². The summed E-state index contributed by atoms with van der Waals surface area (Å²) in [6.45, 7) is 3.08. The first-order valence-corrected chi connectivity index (χ1v) is 6.71. The smallest absolute Gasteiger partial charge is 0.222 e. The molecule has 0 aromatic heterocycles. The van der Waals surface area contributed by atoms with Crippen LogP contribution in [0.1, 0.15) is 31.2 Å². The zero-order valence-corrected chi connectivity index (χ0v) is 11.2. The van der Waals surface area contributed by atoms with Gasteiger partial charge < -0.3 is 10.1 Å². The summed E-state index contributed by atoms with van der Waals surface area (Å²) in [5.41, 5.74) is 1.21. The third kappa shape index (κ3) is 3.72. The van der Waals surface area contributed by atoms with Crippen LogP contribution in [0.3, 0.4) is 0 Å². The molecule has 0 aliphatic heterocycles. The van der Waals surface area contributed by atoms with Crippen LogP contribution in [0, 0.1) is 0 Å². The number of rotatable bonds is 6. The van der Waals surface area contributed by atoms with E-state index in [-0.39, 0.29) is 11.9 Å². The molecule has 2 rings (SSSR count). The van der Waals surface area contributed by atoms with Gasteiger partial charge in [-0.25, -0.2) is 0 Å². The topological polar surface area (TPSA) is 38.3 Å². The Balaban J connectivity index is 1.76. The van der Waals surface area contributed by atoms with Gasteiger partial charge >= 0.3 is 0 Å². The van der Waals surface area contributed by atoms with Gasteiger partial charge in [0.25, 0.3) is 0 Å². The van der Waals surface area contributed by atoms with Crippen LogP contribution in [0.15, 0.2) is 24.3 Å². The highest BCUT2D eigenvalue weighted by Crippen LogP contribution is 2.41. The first-order chi connectivity index (χ1) is 8.70. The fourth-order valence-corrected chi connectivity index (χ4v) is 2.25. The number of hydrogen-bond acceptors (Lipinski definition) is 2. The summed E-state index contributed by atoms with van der Waals surface area (Å²) in [4.78, 5) is 11.6. The highest BCUT2D eigenvalue weighted by atomic mass is 35.5. The molecule has 18 heavy (non-hydrogen) atoms. The second-order valence-electron chi connectivity index (χ2n) is 4.52. The van der Waals surface area contributed by atoms with E-state index in [9.17, 15) is 4.79 Å². The largest absolute Gasteiger partial charge is 0.381 e. The first-order valence-electron chi connectivity index (χ1n) is 6.33. The maximum absolute atomic E-state index is 11.6.